The molecule has 1 unspecified atom stereocenters. The first kappa shape index (κ1) is 27.8. The largest absolute Gasteiger partial charge is 0.175 e. The molecule has 0 amide bonds. The molecule has 0 aromatic heterocycles. The van der Waals surface area contributed by atoms with Crippen LogP contribution in [0.2, 0.25) is 0 Å². The Balaban J connectivity index is 1.68. The summed E-state index contributed by atoms with van der Waals surface area (Å²) in [5.41, 5.74) is 9.31. The zero-order valence-electron chi connectivity index (χ0n) is 22.7. The first-order valence-electron chi connectivity index (χ1n) is 13.7. The normalized spacial score (nSPS) is 13.3. The van der Waals surface area contributed by atoms with Crippen molar-refractivity contribution >= 4 is 25.3 Å². The predicted molar refractivity (Wildman–Crippen MR) is 179 cm³/mol. The number of benzene rings is 5. The second kappa shape index (κ2) is 13.1. The second-order valence-electron chi connectivity index (χ2n) is 10.1. The Morgan fingerprint density at radius 3 is 1.82 bits per heavy atom. The molecular formula is C38H34S2. The average Bonchev–Trinajstić information content (AvgIpc) is 3.02. The van der Waals surface area contributed by atoms with Crippen LogP contribution in [0.5, 0.6) is 0 Å². The van der Waals surface area contributed by atoms with Gasteiger partial charge >= 0.3 is 0 Å². The molecule has 0 spiro atoms. The topological polar surface area (TPSA) is 0 Å². The van der Waals surface area contributed by atoms with Crippen LogP contribution in [-0.2, 0) is 11.8 Å². The lowest BCUT2D eigenvalue weighted by atomic mass is 9.69. The van der Waals surface area contributed by atoms with Crippen LogP contribution in [0.25, 0.3) is 22.3 Å². The van der Waals surface area contributed by atoms with Gasteiger partial charge in [0.1, 0.15) is 0 Å². The maximum atomic E-state index is 4.85. The monoisotopic (exact) mass is 554 g/mol. The Kier molecular flexibility index (Phi) is 9.11. The summed E-state index contributed by atoms with van der Waals surface area (Å²) in [6, 6.07) is 47.4. The average molecular weight is 555 g/mol. The number of thiol groups is 2. The van der Waals surface area contributed by atoms with Crippen molar-refractivity contribution in [1.82, 2.24) is 0 Å². The highest BCUT2D eigenvalue weighted by Gasteiger charge is 2.32. The molecule has 0 N–H and O–H groups in total. The Morgan fingerprint density at radius 1 is 0.650 bits per heavy atom. The summed E-state index contributed by atoms with van der Waals surface area (Å²) in [5, 5.41) is 0. The van der Waals surface area contributed by atoms with Gasteiger partial charge < -0.3 is 0 Å². The van der Waals surface area contributed by atoms with Crippen LogP contribution in [0.1, 0.15) is 23.6 Å². The van der Waals surface area contributed by atoms with Crippen molar-refractivity contribution in [3.8, 4) is 22.3 Å². The Labute approximate surface area is 250 Å². The molecule has 0 heterocycles. The molecule has 5 aromatic rings. The molecule has 0 saturated heterocycles. The first-order chi connectivity index (χ1) is 19.6. The summed E-state index contributed by atoms with van der Waals surface area (Å²) >= 11 is 9.36. The smallest absolute Gasteiger partial charge is 0.0420 e. The van der Waals surface area contributed by atoms with Gasteiger partial charge in [0.25, 0.3) is 0 Å². The summed E-state index contributed by atoms with van der Waals surface area (Å²) in [6.07, 6.45) is 7.61. The Bertz CT molecular complexity index is 1580. The van der Waals surface area contributed by atoms with E-state index in [9.17, 15) is 0 Å². The van der Waals surface area contributed by atoms with Crippen molar-refractivity contribution in [2.45, 2.75) is 23.7 Å². The van der Waals surface area contributed by atoms with Gasteiger partial charge in [-0.05, 0) is 70.0 Å². The van der Waals surface area contributed by atoms with Crippen LogP contribution in [0.3, 0.4) is 0 Å². The molecule has 0 nitrogen and oxygen atoms in total. The van der Waals surface area contributed by atoms with E-state index in [4.69, 9.17) is 12.6 Å². The fraction of sp³-hybridized carbons (Fsp3) is 0.105. The van der Waals surface area contributed by atoms with E-state index >= 15 is 0 Å². The van der Waals surface area contributed by atoms with Crippen LogP contribution >= 0.6 is 25.3 Å². The number of hydrogen-bond acceptors (Lipinski definition) is 2. The van der Waals surface area contributed by atoms with Crippen LogP contribution < -0.4 is 0 Å². The van der Waals surface area contributed by atoms with E-state index in [1.165, 1.54) is 33.4 Å². The minimum Gasteiger partial charge on any atom is -0.175 e. The fourth-order valence-electron chi connectivity index (χ4n) is 5.28. The number of hydrogen-bond donors (Lipinski definition) is 2. The zero-order valence-corrected chi connectivity index (χ0v) is 24.5. The van der Waals surface area contributed by atoms with Gasteiger partial charge in [0.2, 0.25) is 0 Å². The van der Waals surface area contributed by atoms with Gasteiger partial charge in [0.05, 0.1) is 0 Å². The molecule has 0 radical (unpaired) electrons. The van der Waals surface area contributed by atoms with Crippen molar-refractivity contribution in [2.75, 3.05) is 5.75 Å². The summed E-state index contributed by atoms with van der Waals surface area (Å²) in [7, 11) is 0. The van der Waals surface area contributed by atoms with Crippen LogP contribution in [0.15, 0.2) is 162 Å². The van der Waals surface area contributed by atoms with Crippen molar-refractivity contribution in [2.24, 2.45) is 0 Å². The maximum Gasteiger partial charge on any atom is 0.0420 e. The third-order valence-electron chi connectivity index (χ3n) is 7.61. The summed E-state index contributed by atoms with van der Waals surface area (Å²) in [5.74, 6) is 0.677. The van der Waals surface area contributed by atoms with Crippen molar-refractivity contribution < 1.29 is 0 Å². The van der Waals surface area contributed by atoms with E-state index in [1.807, 2.05) is 0 Å². The van der Waals surface area contributed by atoms with E-state index in [0.717, 1.165) is 22.4 Å². The SMILES string of the molecule is CC(C(/C=C\CS)=C/Cc1ccccc1)(c1ccc(-c2ccccc2)cc1)c1ccc(S)c(-c2ccccc2)c1. The van der Waals surface area contributed by atoms with Crippen LogP contribution in [0.4, 0.5) is 0 Å². The molecule has 0 aliphatic rings. The number of rotatable bonds is 9. The van der Waals surface area contributed by atoms with Crippen molar-refractivity contribution in [3.63, 3.8) is 0 Å². The van der Waals surface area contributed by atoms with Gasteiger partial charge in [-0.2, -0.15) is 12.6 Å². The zero-order chi connectivity index (χ0) is 27.8. The van der Waals surface area contributed by atoms with E-state index in [-0.39, 0.29) is 0 Å². The summed E-state index contributed by atoms with van der Waals surface area (Å²) in [4.78, 5) is 0.970. The maximum absolute atomic E-state index is 4.85. The highest BCUT2D eigenvalue weighted by molar-refractivity contribution is 7.80. The van der Waals surface area contributed by atoms with E-state index in [1.54, 1.807) is 0 Å². The molecule has 40 heavy (non-hydrogen) atoms. The molecule has 5 rings (SSSR count). The number of allylic oxidation sites excluding steroid dienone is 3. The lowest BCUT2D eigenvalue weighted by Gasteiger charge is -2.34. The third-order valence-corrected chi connectivity index (χ3v) is 8.21. The minimum atomic E-state index is -0.408. The first-order valence-corrected chi connectivity index (χ1v) is 14.7. The van der Waals surface area contributed by atoms with E-state index in [2.05, 4.69) is 171 Å². The molecule has 0 aliphatic carbocycles. The van der Waals surface area contributed by atoms with Gasteiger partial charge in [-0.15, -0.1) is 12.6 Å². The van der Waals surface area contributed by atoms with Gasteiger partial charge in [-0.3, -0.25) is 0 Å². The van der Waals surface area contributed by atoms with E-state index < -0.39 is 5.41 Å². The lowest BCUT2D eigenvalue weighted by Crippen LogP contribution is -2.26. The Hall–Kier alpha value is -3.72. The molecule has 0 bridgehead atoms. The molecule has 0 aliphatic heterocycles. The summed E-state index contributed by atoms with van der Waals surface area (Å²) in [6.45, 7) is 2.34. The highest BCUT2D eigenvalue weighted by atomic mass is 32.1. The molecule has 198 valence electrons. The fourth-order valence-corrected chi connectivity index (χ4v) is 5.66. The molecule has 1 atom stereocenters. The minimum absolute atomic E-state index is 0.408. The van der Waals surface area contributed by atoms with Crippen LogP contribution in [0, 0.1) is 0 Å². The second-order valence-corrected chi connectivity index (χ2v) is 10.9. The Morgan fingerprint density at radius 2 is 1.20 bits per heavy atom. The standard InChI is InChI=1S/C38H34S2/c1-38(33(18-11-27-39)22-19-29-12-5-2-6-13-29,34-23-20-31(21-24-34)30-14-7-3-8-15-30)35-25-26-37(40)36(28-35)32-16-9-4-10-17-32/h2-18,20-26,28,39-40H,19,27H2,1H3/b18-11-,33-22+. The predicted octanol–water partition coefficient (Wildman–Crippen LogP) is 10.3. The van der Waals surface area contributed by atoms with Crippen LogP contribution in [-0.4, -0.2) is 5.75 Å². The van der Waals surface area contributed by atoms with Crippen molar-refractivity contribution in [3.05, 3.63) is 174 Å². The molecule has 5 aromatic carbocycles. The summed E-state index contributed by atoms with van der Waals surface area (Å²) < 4.78 is 0. The van der Waals surface area contributed by atoms with Gasteiger partial charge in [0.15, 0.2) is 0 Å². The van der Waals surface area contributed by atoms with Gasteiger partial charge in [-0.25, -0.2) is 0 Å². The van der Waals surface area contributed by atoms with E-state index in [0.29, 0.717) is 5.75 Å². The van der Waals surface area contributed by atoms with Gasteiger partial charge in [0, 0.05) is 16.1 Å². The third kappa shape index (κ3) is 6.20. The quantitative estimate of drug-likeness (QED) is 0.131. The molecular weight excluding hydrogens is 521 g/mol. The highest BCUT2D eigenvalue weighted by Crippen LogP contribution is 2.43. The van der Waals surface area contributed by atoms with Crippen molar-refractivity contribution in [1.29, 1.82) is 0 Å². The van der Waals surface area contributed by atoms with Gasteiger partial charge in [-0.1, -0.05) is 140 Å². The molecule has 0 fully saturated rings. The molecule has 2 heteroatoms. The lowest BCUT2D eigenvalue weighted by molar-refractivity contribution is 0.687. The molecule has 0 saturated carbocycles.